The summed E-state index contributed by atoms with van der Waals surface area (Å²) in [5.74, 6) is 0.765. The minimum Gasteiger partial charge on any atom is -0.394 e. The SMILES string of the molecule is Cc1ccc(-c2cnn3c(C)cc(NC4(CO)CCOCC4)nc23)cc1C. The van der Waals surface area contributed by atoms with Gasteiger partial charge in [-0.1, -0.05) is 18.2 Å². The second kappa shape index (κ2) is 6.94. The highest BCUT2D eigenvalue weighted by molar-refractivity contribution is 5.78. The molecule has 0 bridgehead atoms. The summed E-state index contributed by atoms with van der Waals surface area (Å²) in [6.45, 7) is 7.61. The number of anilines is 1. The molecule has 2 N–H and O–H groups in total. The standard InChI is InChI=1S/C21H26N4O2/c1-14-4-5-17(10-15(14)2)18-12-22-25-16(3)11-19(23-20(18)25)24-21(13-26)6-8-27-9-7-21/h4-5,10-12,26H,6-9,13H2,1-3H3,(H,23,24). The maximum atomic E-state index is 9.97. The molecule has 0 aliphatic carbocycles. The Bertz CT molecular complexity index is 974. The average molecular weight is 366 g/mol. The van der Waals surface area contributed by atoms with Gasteiger partial charge in [0, 0.05) is 30.5 Å². The molecule has 142 valence electrons. The van der Waals surface area contributed by atoms with Crippen LogP contribution in [0.5, 0.6) is 0 Å². The van der Waals surface area contributed by atoms with Gasteiger partial charge in [-0.2, -0.15) is 5.10 Å². The van der Waals surface area contributed by atoms with E-state index < -0.39 is 0 Å². The predicted molar refractivity (Wildman–Crippen MR) is 106 cm³/mol. The van der Waals surface area contributed by atoms with E-state index in [1.54, 1.807) is 0 Å². The maximum Gasteiger partial charge on any atom is 0.165 e. The number of aromatic nitrogens is 3. The lowest BCUT2D eigenvalue weighted by Gasteiger charge is -2.36. The Morgan fingerprint density at radius 1 is 1.15 bits per heavy atom. The molecule has 0 radical (unpaired) electrons. The number of benzene rings is 1. The zero-order valence-electron chi connectivity index (χ0n) is 16.1. The third-order valence-corrected chi connectivity index (χ3v) is 5.61. The fourth-order valence-corrected chi connectivity index (χ4v) is 3.65. The van der Waals surface area contributed by atoms with Gasteiger partial charge in [0.15, 0.2) is 5.65 Å². The van der Waals surface area contributed by atoms with Gasteiger partial charge in [0.05, 0.1) is 18.3 Å². The molecule has 1 aromatic carbocycles. The number of aliphatic hydroxyl groups is 1. The Balaban J connectivity index is 1.76. The van der Waals surface area contributed by atoms with Crippen molar-refractivity contribution in [3.8, 4) is 11.1 Å². The number of nitrogens with zero attached hydrogens (tertiary/aromatic N) is 3. The fraction of sp³-hybridized carbons (Fsp3) is 0.429. The first-order chi connectivity index (χ1) is 13.0. The largest absolute Gasteiger partial charge is 0.394 e. The van der Waals surface area contributed by atoms with E-state index in [1.807, 2.05) is 23.7 Å². The van der Waals surface area contributed by atoms with Crippen molar-refractivity contribution < 1.29 is 9.84 Å². The molecule has 1 saturated heterocycles. The molecule has 0 saturated carbocycles. The monoisotopic (exact) mass is 366 g/mol. The van der Waals surface area contributed by atoms with Crippen LogP contribution in [-0.4, -0.2) is 45.1 Å². The molecule has 1 aliphatic heterocycles. The predicted octanol–water partition coefficient (Wildman–Crippen LogP) is 3.27. The van der Waals surface area contributed by atoms with Crippen molar-refractivity contribution in [1.82, 2.24) is 14.6 Å². The summed E-state index contributed by atoms with van der Waals surface area (Å²) in [6, 6.07) is 8.41. The molecule has 0 amide bonds. The molecule has 27 heavy (non-hydrogen) atoms. The summed E-state index contributed by atoms with van der Waals surface area (Å²) >= 11 is 0. The highest BCUT2D eigenvalue weighted by Gasteiger charge is 2.32. The van der Waals surface area contributed by atoms with Crippen LogP contribution in [0.1, 0.15) is 29.7 Å². The Morgan fingerprint density at radius 2 is 1.93 bits per heavy atom. The number of fused-ring (bicyclic) bond motifs is 1. The smallest absolute Gasteiger partial charge is 0.165 e. The number of ether oxygens (including phenoxy) is 1. The molecule has 0 spiro atoms. The lowest BCUT2D eigenvalue weighted by atomic mass is 9.91. The summed E-state index contributed by atoms with van der Waals surface area (Å²) in [4.78, 5) is 4.85. The van der Waals surface area contributed by atoms with Crippen LogP contribution in [-0.2, 0) is 4.74 Å². The number of nitrogens with one attached hydrogen (secondary N) is 1. The van der Waals surface area contributed by atoms with E-state index in [4.69, 9.17) is 9.72 Å². The number of rotatable bonds is 4. The summed E-state index contributed by atoms with van der Waals surface area (Å²) in [5.41, 5.74) is 6.08. The van der Waals surface area contributed by atoms with E-state index in [1.165, 1.54) is 11.1 Å². The Morgan fingerprint density at radius 3 is 2.63 bits per heavy atom. The van der Waals surface area contributed by atoms with Crippen LogP contribution in [0.15, 0.2) is 30.5 Å². The molecular formula is C21H26N4O2. The van der Waals surface area contributed by atoms with E-state index >= 15 is 0 Å². The number of hydrogen-bond acceptors (Lipinski definition) is 5. The highest BCUT2D eigenvalue weighted by atomic mass is 16.5. The van der Waals surface area contributed by atoms with Gasteiger partial charge in [-0.3, -0.25) is 0 Å². The molecule has 2 aromatic heterocycles. The Labute approximate surface area is 159 Å². The van der Waals surface area contributed by atoms with Gasteiger partial charge in [0.25, 0.3) is 0 Å². The van der Waals surface area contributed by atoms with E-state index in [9.17, 15) is 5.11 Å². The van der Waals surface area contributed by atoms with E-state index in [-0.39, 0.29) is 12.1 Å². The minimum absolute atomic E-state index is 0.0611. The number of aliphatic hydroxyl groups excluding tert-OH is 1. The molecule has 0 unspecified atom stereocenters. The first-order valence-electron chi connectivity index (χ1n) is 9.41. The second-order valence-corrected chi connectivity index (χ2v) is 7.55. The first kappa shape index (κ1) is 17.9. The molecule has 6 nitrogen and oxygen atoms in total. The van der Waals surface area contributed by atoms with Crippen LogP contribution in [0.4, 0.5) is 5.82 Å². The normalized spacial score (nSPS) is 16.6. The lowest BCUT2D eigenvalue weighted by Crippen LogP contribution is -2.47. The van der Waals surface area contributed by atoms with Crippen LogP contribution >= 0.6 is 0 Å². The zero-order valence-corrected chi connectivity index (χ0v) is 16.1. The summed E-state index contributed by atoms with van der Waals surface area (Å²) in [7, 11) is 0. The van der Waals surface area contributed by atoms with E-state index in [2.05, 4.69) is 42.5 Å². The Hall–Kier alpha value is -2.44. The summed E-state index contributed by atoms with van der Waals surface area (Å²) < 4.78 is 7.32. The highest BCUT2D eigenvalue weighted by Crippen LogP contribution is 2.29. The van der Waals surface area contributed by atoms with Gasteiger partial charge in [-0.15, -0.1) is 0 Å². The van der Waals surface area contributed by atoms with Crippen molar-refractivity contribution in [3.63, 3.8) is 0 Å². The van der Waals surface area contributed by atoms with Gasteiger partial charge >= 0.3 is 0 Å². The lowest BCUT2D eigenvalue weighted by molar-refractivity contribution is 0.0378. The molecule has 6 heteroatoms. The van der Waals surface area contributed by atoms with Crippen LogP contribution in [0.25, 0.3) is 16.8 Å². The maximum absolute atomic E-state index is 9.97. The van der Waals surface area contributed by atoms with Crippen LogP contribution in [0, 0.1) is 20.8 Å². The molecule has 3 heterocycles. The third kappa shape index (κ3) is 3.31. The molecule has 1 aliphatic rings. The Kier molecular flexibility index (Phi) is 4.61. The van der Waals surface area contributed by atoms with E-state index in [0.29, 0.717) is 13.2 Å². The van der Waals surface area contributed by atoms with Gasteiger partial charge in [-0.25, -0.2) is 9.50 Å². The molecule has 1 fully saturated rings. The van der Waals surface area contributed by atoms with Crippen LogP contribution < -0.4 is 5.32 Å². The van der Waals surface area contributed by atoms with Crippen molar-refractivity contribution in [2.24, 2.45) is 0 Å². The third-order valence-electron chi connectivity index (χ3n) is 5.61. The summed E-state index contributed by atoms with van der Waals surface area (Å²) in [6.07, 6.45) is 3.40. The van der Waals surface area contributed by atoms with Crippen LogP contribution in [0.2, 0.25) is 0 Å². The molecule has 3 aromatic rings. The van der Waals surface area contributed by atoms with Crippen LogP contribution in [0.3, 0.4) is 0 Å². The number of aryl methyl sites for hydroxylation is 3. The van der Waals surface area contributed by atoms with Gasteiger partial charge in [0.2, 0.25) is 0 Å². The van der Waals surface area contributed by atoms with Gasteiger partial charge in [0.1, 0.15) is 5.82 Å². The van der Waals surface area contributed by atoms with Crippen molar-refractivity contribution in [2.45, 2.75) is 39.2 Å². The van der Waals surface area contributed by atoms with E-state index in [0.717, 1.165) is 41.1 Å². The molecular weight excluding hydrogens is 340 g/mol. The van der Waals surface area contributed by atoms with Crippen molar-refractivity contribution in [1.29, 1.82) is 0 Å². The van der Waals surface area contributed by atoms with Gasteiger partial charge < -0.3 is 15.2 Å². The average Bonchev–Trinajstić information content (AvgIpc) is 3.09. The molecule has 4 rings (SSSR count). The topological polar surface area (TPSA) is 71.7 Å². The first-order valence-corrected chi connectivity index (χ1v) is 9.41. The van der Waals surface area contributed by atoms with Crippen molar-refractivity contribution in [2.75, 3.05) is 25.1 Å². The quantitative estimate of drug-likeness (QED) is 0.741. The fourth-order valence-electron chi connectivity index (χ4n) is 3.65. The zero-order chi connectivity index (χ0) is 19.0. The number of hydrogen-bond donors (Lipinski definition) is 2. The van der Waals surface area contributed by atoms with Gasteiger partial charge in [-0.05, 0) is 50.3 Å². The summed E-state index contributed by atoms with van der Waals surface area (Å²) in [5, 5.41) is 18.0. The second-order valence-electron chi connectivity index (χ2n) is 7.55. The van der Waals surface area contributed by atoms with Crippen molar-refractivity contribution in [3.05, 3.63) is 47.3 Å². The minimum atomic E-state index is -0.378. The molecule has 0 atom stereocenters. The van der Waals surface area contributed by atoms with Crippen molar-refractivity contribution >= 4 is 11.5 Å².